The monoisotopic (exact) mass is 227 g/mol. The maximum atomic E-state index is 12.6. The van der Waals surface area contributed by atoms with Crippen LogP contribution in [-0.2, 0) is 0 Å². The van der Waals surface area contributed by atoms with Crippen LogP contribution in [-0.4, -0.2) is 18.0 Å². The van der Waals surface area contributed by atoms with Crippen molar-refractivity contribution in [3.63, 3.8) is 0 Å². The zero-order valence-corrected chi connectivity index (χ0v) is 8.20. The van der Waals surface area contributed by atoms with E-state index in [1.807, 2.05) is 0 Å². The number of primary amides is 1. The summed E-state index contributed by atoms with van der Waals surface area (Å²) in [6, 6.07) is 2.44. The first kappa shape index (κ1) is 11.8. The number of methoxy groups -OCH3 is 1. The number of alkyl halides is 2. The van der Waals surface area contributed by atoms with Crippen LogP contribution >= 0.6 is 0 Å². The van der Waals surface area contributed by atoms with E-state index in [9.17, 15) is 13.6 Å². The fourth-order valence-electron chi connectivity index (χ4n) is 1.15. The normalized spacial score (nSPS) is 9.94. The van der Waals surface area contributed by atoms with Gasteiger partial charge in [0.1, 0.15) is 6.07 Å². The minimum Gasteiger partial charge on any atom is -0.481 e. The predicted molar refractivity (Wildman–Crippen MR) is 49.0 cm³/mol. The van der Waals surface area contributed by atoms with Crippen molar-refractivity contribution in [2.75, 3.05) is 7.11 Å². The van der Waals surface area contributed by atoms with E-state index in [-0.39, 0.29) is 5.88 Å². The molecule has 0 aliphatic heterocycles. The molecule has 0 saturated carbocycles. The van der Waals surface area contributed by atoms with Crippen molar-refractivity contribution < 1.29 is 18.3 Å². The molecule has 0 aliphatic carbocycles. The van der Waals surface area contributed by atoms with E-state index in [1.54, 1.807) is 0 Å². The van der Waals surface area contributed by atoms with Gasteiger partial charge in [0.25, 0.3) is 6.43 Å². The van der Waals surface area contributed by atoms with Gasteiger partial charge >= 0.3 is 0 Å². The lowest BCUT2D eigenvalue weighted by molar-refractivity contribution is 0.0985. The molecule has 0 unspecified atom stereocenters. The number of amides is 1. The quantitative estimate of drug-likeness (QED) is 0.834. The Labute approximate surface area is 89.4 Å². The number of ether oxygens (including phenoxy) is 1. The van der Waals surface area contributed by atoms with Crippen molar-refractivity contribution in [1.29, 1.82) is 5.26 Å². The van der Waals surface area contributed by atoms with Gasteiger partial charge in [-0.15, -0.1) is 0 Å². The van der Waals surface area contributed by atoms with Crippen LogP contribution in [0.2, 0.25) is 0 Å². The van der Waals surface area contributed by atoms with Crippen molar-refractivity contribution in [1.82, 2.24) is 4.98 Å². The average molecular weight is 227 g/mol. The topological polar surface area (TPSA) is 89.0 Å². The lowest BCUT2D eigenvalue weighted by Gasteiger charge is -2.09. The SMILES string of the molecule is COc1cc(C(N)=O)c(C(F)F)c(C#N)n1. The Kier molecular flexibility index (Phi) is 3.35. The number of pyridine rings is 1. The van der Waals surface area contributed by atoms with E-state index in [0.29, 0.717) is 0 Å². The highest BCUT2D eigenvalue weighted by Crippen LogP contribution is 2.27. The van der Waals surface area contributed by atoms with Gasteiger partial charge in [-0.1, -0.05) is 0 Å². The van der Waals surface area contributed by atoms with Crippen LogP contribution in [0.1, 0.15) is 28.0 Å². The molecule has 16 heavy (non-hydrogen) atoms. The van der Waals surface area contributed by atoms with Crippen molar-refractivity contribution >= 4 is 5.91 Å². The summed E-state index contributed by atoms with van der Waals surface area (Å²) in [5.74, 6) is -1.18. The van der Waals surface area contributed by atoms with Crippen molar-refractivity contribution in [2.24, 2.45) is 5.73 Å². The minimum absolute atomic E-state index is 0.116. The lowest BCUT2D eigenvalue weighted by Crippen LogP contribution is -2.16. The molecular formula is C9H7F2N3O2. The number of carbonyl (C=O) groups is 1. The number of halogens is 2. The molecule has 5 nitrogen and oxygen atoms in total. The molecule has 1 aromatic rings. The van der Waals surface area contributed by atoms with Gasteiger partial charge in [-0.05, 0) is 0 Å². The van der Waals surface area contributed by atoms with Gasteiger partial charge in [0.15, 0.2) is 5.69 Å². The third kappa shape index (κ3) is 2.06. The smallest absolute Gasteiger partial charge is 0.267 e. The lowest BCUT2D eigenvalue weighted by atomic mass is 10.1. The predicted octanol–water partition coefficient (Wildman–Crippen LogP) is 0.998. The van der Waals surface area contributed by atoms with Gasteiger partial charge in [-0.2, -0.15) is 5.26 Å². The van der Waals surface area contributed by atoms with Crippen LogP contribution in [0.15, 0.2) is 6.07 Å². The van der Waals surface area contributed by atoms with Gasteiger partial charge in [0, 0.05) is 6.07 Å². The third-order valence-electron chi connectivity index (χ3n) is 1.83. The number of rotatable bonds is 3. The summed E-state index contributed by atoms with van der Waals surface area (Å²) in [5, 5.41) is 8.64. The largest absolute Gasteiger partial charge is 0.481 e. The summed E-state index contributed by atoms with van der Waals surface area (Å²) in [4.78, 5) is 14.5. The molecule has 0 fully saturated rings. The van der Waals surface area contributed by atoms with Crippen molar-refractivity contribution in [2.45, 2.75) is 6.43 Å². The first-order chi connectivity index (χ1) is 7.51. The molecule has 0 bridgehead atoms. The zero-order valence-electron chi connectivity index (χ0n) is 8.20. The van der Waals surface area contributed by atoms with Gasteiger partial charge in [0.2, 0.25) is 11.8 Å². The fourth-order valence-corrected chi connectivity index (χ4v) is 1.15. The Bertz CT molecular complexity index is 469. The number of nitrogens with two attached hydrogens (primary N) is 1. The summed E-state index contributed by atoms with van der Waals surface area (Å²) in [5.41, 5.74) is 3.14. The molecule has 0 saturated heterocycles. The number of hydrogen-bond acceptors (Lipinski definition) is 4. The Balaban J connectivity index is 3.55. The second kappa shape index (κ2) is 4.53. The molecule has 84 valence electrons. The van der Waals surface area contributed by atoms with Crippen LogP contribution in [0.3, 0.4) is 0 Å². The summed E-state index contributed by atoms with van der Waals surface area (Å²) < 4.78 is 29.9. The summed E-state index contributed by atoms with van der Waals surface area (Å²) >= 11 is 0. The van der Waals surface area contributed by atoms with E-state index in [0.717, 1.165) is 6.07 Å². The van der Waals surface area contributed by atoms with Crippen LogP contribution in [0.25, 0.3) is 0 Å². The number of aromatic nitrogens is 1. The fraction of sp³-hybridized carbons (Fsp3) is 0.222. The Morgan fingerprint density at radius 2 is 2.31 bits per heavy atom. The van der Waals surface area contributed by atoms with Gasteiger partial charge in [-0.25, -0.2) is 13.8 Å². The highest BCUT2D eigenvalue weighted by Gasteiger charge is 2.23. The highest BCUT2D eigenvalue weighted by molar-refractivity contribution is 5.95. The van der Waals surface area contributed by atoms with Crippen LogP contribution in [0.5, 0.6) is 5.88 Å². The first-order valence-electron chi connectivity index (χ1n) is 4.08. The van der Waals surface area contributed by atoms with Crippen LogP contribution in [0.4, 0.5) is 8.78 Å². The highest BCUT2D eigenvalue weighted by atomic mass is 19.3. The first-order valence-corrected chi connectivity index (χ1v) is 4.08. The van der Waals surface area contributed by atoms with Crippen LogP contribution in [0, 0.1) is 11.3 Å². The minimum atomic E-state index is -3.00. The number of nitrogens with zero attached hydrogens (tertiary/aromatic N) is 2. The molecule has 7 heteroatoms. The second-order valence-corrected chi connectivity index (χ2v) is 2.75. The molecule has 0 radical (unpaired) electrons. The molecule has 2 N–H and O–H groups in total. The molecule has 0 aromatic carbocycles. The van der Waals surface area contributed by atoms with Crippen molar-refractivity contribution in [3.05, 3.63) is 22.9 Å². The molecule has 1 amide bonds. The van der Waals surface area contributed by atoms with E-state index < -0.39 is 29.2 Å². The Morgan fingerprint density at radius 3 is 2.69 bits per heavy atom. The van der Waals surface area contributed by atoms with Crippen molar-refractivity contribution in [3.8, 4) is 11.9 Å². The molecule has 0 aliphatic rings. The number of hydrogen-bond donors (Lipinski definition) is 1. The molecule has 1 aromatic heterocycles. The van der Waals surface area contributed by atoms with Gasteiger partial charge in [-0.3, -0.25) is 4.79 Å². The summed E-state index contributed by atoms with van der Waals surface area (Å²) in [7, 11) is 1.23. The summed E-state index contributed by atoms with van der Waals surface area (Å²) in [6.45, 7) is 0. The Hall–Kier alpha value is -2.23. The average Bonchev–Trinajstić information content (AvgIpc) is 2.26. The zero-order chi connectivity index (χ0) is 12.3. The number of nitriles is 1. The van der Waals surface area contributed by atoms with Gasteiger partial charge < -0.3 is 10.5 Å². The maximum Gasteiger partial charge on any atom is 0.267 e. The summed E-state index contributed by atoms with van der Waals surface area (Å²) in [6.07, 6.45) is -3.00. The molecule has 1 rings (SSSR count). The number of carbonyl (C=O) groups excluding carboxylic acids is 1. The second-order valence-electron chi connectivity index (χ2n) is 2.75. The molecular weight excluding hydrogens is 220 g/mol. The third-order valence-corrected chi connectivity index (χ3v) is 1.83. The standard InChI is InChI=1S/C9H7F2N3O2/c1-16-6-2-4(9(13)15)7(8(10)11)5(3-12)14-6/h2,8H,1H3,(H2,13,15). The molecule has 1 heterocycles. The van der Waals surface area contributed by atoms with E-state index >= 15 is 0 Å². The molecule has 0 atom stereocenters. The van der Waals surface area contributed by atoms with E-state index in [4.69, 9.17) is 11.0 Å². The van der Waals surface area contributed by atoms with Crippen LogP contribution < -0.4 is 10.5 Å². The molecule has 0 spiro atoms. The maximum absolute atomic E-state index is 12.6. The Morgan fingerprint density at radius 1 is 1.69 bits per heavy atom. The van der Waals surface area contributed by atoms with E-state index in [1.165, 1.54) is 13.2 Å². The van der Waals surface area contributed by atoms with E-state index in [2.05, 4.69) is 9.72 Å². The van der Waals surface area contributed by atoms with Gasteiger partial charge in [0.05, 0.1) is 18.2 Å².